The zero-order chi connectivity index (χ0) is 27.0. The summed E-state index contributed by atoms with van der Waals surface area (Å²) in [7, 11) is 1.48. The maximum Gasteiger partial charge on any atom is 0.259 e. The number of piperazine rings is 1. The van der Waals surface area contributed by atoms with Gasteiger partial charge in [0.1, 0.15) is 11.4 Å². The molecular formula is C25H20BrClF5N3O2. The number of carbonyl (C=O) groups is 1. The third kappa shape index (κ3) is 5.19. The number of hydrogen-bond acceptors (Lipinski definition) is 4. The van der Waals surface area contributed by atoms with Crippen molar-refractivity contribution >= 4 is 50.5 Å². The number of hydrogen-bond donors (Lipinski definition) is 1. The highest BCUT2D eigenvalue weighted by atomic mass is 79.9. The predicted octanol–water partition coefficient (Wildman–Crippen LogP) is 6.69. The Morgan fingerprint density at radius 1 is 0.919 bits per heavy atom. The third-order valence-electron chi connectivity index (χ3n) is 6.02. The molecule has 0 radical (unpaired) electrons. The smallest absolute Gasteiger partial charge is 0.259 e. The summed E-state index contributed by atoms with van der Waals surface area (Å²) >= 11 is 9.84. The lowest BCUT2D eigenvalue weighted by Crippen LogP contribution is -2.47. The van der Waals surface area contributed by atoms with Gasteiger partial charge in [-0.25, -0.2) is 22.0 Å². The van der Waals surface area contributed by atoms with Crippen molar-refractivity contribution in [2.75, 3.05) is 48.4 Å². The monoisotopic (exact) mass is 603 g/mol. The zero-order valence-electron chi connectivity index (χ0n) is 19.6. The molecule has 3 aromatic rings. The number of aryl methyl sites for hydroxylation is 1. The molecule has 0 aromatic heterocycles. The number of benzene rings is 3. The number of ether oxygens (including phenoxy) is 1. The van der Waals surface area contributed by atoms with Crippen LogP contribution in [0.1, 0.15) is 15.9 Å². The topological polar surface area (TPSA) is 44.8 Å². The first-order valence-electron chi connectivity index (χ1n) is 11.0. The first kappa shape index (κ1) is 27.0. The predicted molar refractivity (Wildman–Crippen MR) is 135 cm³/mol. The van der Waals surface area contributed by atoms with Crippen molar-refractivity contribution in [3.05, 3.63) is 80.0 Å². The summed E-state index contributed by atoms with van der Waals surface area (Å²) in [6, 6.07) is 8.35. The van der Waals surface area contributed by atoms with E-state index in [1.165, 1.54) is 7.11 Å². The third-order valence-corrected chi connectivity index (χ3v) is 6.78. The number of halogens is 7. The number of carbonyl (C=O) groups excluding carboxylic acids is 1. The molecule has 5 nitrogen and oxygen atoms in total. The van der Waals surface area contributed by atoms with Gasteiger partial charge in [-0.05, 0) is 42.8 Å². The zero-order valence-corrected chi connectivity index (χ0v) is 21.9. The second-order valence-electron chi connectivity index (χ2n) is 8.32. The summed E-state index contributed by atoms with van der Waals surface area (Å²) in [5, 5.41) is 3.08. The Kier molecular flexibility index (Phi) is 7.84. The Morgan fingerprint density at radius 3 is 2.05 bits per heavy atom. The van der Waals surface area contributed by atoms with Gasteiger partial charge < -0.3 is 19.9 Å². The number of methoxy groups -OCH3 is 1. The molecule has 1 fully saturated rings. The van der Waals surface area contributed by atoms with Gasteiger partial charge in [-0.1, -0.05) is 27.5 Å². The molecule has 1 aliphatic heterocycles. The fourth-order valence-corrected chi connectivity index (χ4v) is 5.12. The number of amides is 1. The van der Waals surface area contributed by atoms with Gasteiger partial charge in [0.15, 0.2) is 23.3 Å². The number of nitrogens with one attached hydrogen (secondary N) is 1. The maximum absolute atomic E-state index is 14.2. The van der Waals surface area contributed by atoms with Crippen LogP contribution in [0.15, 0.2) is 34.8 Å². The van der Waals surface area contributed by atoms with E-state index in [9.17, 15) is 26.7 Å². The van der Waals surface area contributed by atoms with Crippen LogP contribution in [0.2, 0.25) is 5.02 Å². The van der Waals surface area contributed by atoms with Gasteiger partial charge >= 0.3 is 0 Å². The Hall–Kier alpha value is -3.05. The molecule has 1 saturated heterocycles. The van der Waals surface area contributed by atoms with E-state index in [0.717, 1.165) is 10.5 Å². The number of anilines is 3. The van der Waals surface area contributed by atoms with E-state index in [2.05, 4.69) is 21.2 Å². The lowest BCUT2D eigenvalue weighted by molar-refractivity contribution is 0.102. The van der Waals surface area contributed by atoms with Gasteiger partial charge in [0.2, 0.25) is 5.82 Å². The average molecular weight is 605 g/mol. The highest BCUT2D eigenvalue weighted by Gasteiger charge is 2.31. The van der Waals surface area contributed by atoms with E-state index < -0.39 is 40.7 Å². The molecule has 12 heteroatoms. The summed E-state index contributed by atoms with van der Waals surface area (Å²) in [6.45, 7) is 2.22. The van der Waals surface area contributed by atoms with Crippen LogP contribution in [0.3, 0.4) is 0 Å². The minimum Gasteiger partial charge on any atom is -0.496 e. The Morgan fingerprint density at radius 2 is 1.49 bits per heavy atom. The highest BCUT2D eigenvalue weighted by molar-refractivity contribution is 9.10. The molecule has 1 heterocycles. The number of rotatable bonds is 5. The minimum absolute atomic E-state index is 0.00476. The second-order valence-corrected chi connectivity index (χ2v) is 9.64. The molecule has 4 rings (SSSR count). The molecule has 0 bridgehead atoms. The lowest BCUT2D eigenvalue weighted by Gasteiger charge is -2.38. The van der Waals surface area contributed by atoms with E-state index >= 15 is 0 Å². The summed E-state index contributed by atoms with van der Waals surface area (Å²) in [4.78, 5) is 15.8. The Balaban J connectivity index is 1.48. The SMILES string of the molecule is COc1c(C)cc(Br)cc1C(=O)Nc1ccc(N2CCN(c3c(F)c(F)c(F)c(F)c3F)CC2)c(Cl)c1. The van der Waals surface area contributed by atoms with Crippen molar-refractivity contribution in [2.24, 2.45) is 0 Å². The van der Waals surface area contributed by atoms with Gasteiger partial charge in [-0.2, -0.15) is 0 Å². The van der Waals surface area contributed by atoms with Crippen LogP contribution >= 0.6 is 27.5 Å². The summed E-state index contributed by atoms with van der Waals surface area (Å²) in [5.74, 6) is -9.83. The van der Waals surface area contributed by atoms with Gasteiger partial charge in [-0.3, -0.25) is 4.79 Å². The Bertz CT molecular complexity index is 1350. The van der Waals surface area contributed by atoms with E-state index in [0.29, 0.717) is 32.2 Å². The summed E-state index contributed by atoms with van der Waals surface area (Å²) < 4.78 is 75.1. The molecule has 1 aliphatic rings. The molecule has 3 aromatic carbocycles. The number of nitrogens with zero attached hydrogens (tertiary/aromatic N) is 2. The summed E-state index contributed by atoms with van der Waals surface area (Å²) in [5.41, 5.74) is 1.18. The quantitative estimate of drug-likeness (QED) is 0.200. The van der Waals surface area contributed by atoms with Gasteiger partial charge in [0.05, 0.1) is 23.4 Å². The lowest BCUT2D eigenvalue weighted by atomic mass is 10.1. The molecule has 0 aliphatic carbocycles. The van der Waals surface area contributed by atoms with Gasteiger partial charge in [0.25, 0.3) is 5.91 Å². The van der Waals surface area contributed by atoms with Crippen LogP contribution < -0.4 is 19.9 Å². The van der Waals surface area contributed by atoms with Crippen molar-refractivity contribution in [1.82, 2.24) is 0 Å². The normalized spacial score (nSPS) is 13.6. The maximum atomic E-state index is 14.2. The first-order valence-corrected chi connectivity index (χ1v) is 12.2. The van der Waals surface area contributed by atoms with E-state index in [1.54, 1.807) is 24.3 Å². The molecule has 37 heavy (non-hydrogen) atoms. The minimum atomic E-state index is -2.19. The van der Waals surface area contributed by atoms with Crippen molar-refractivity contribution in [3.8, 4) is 5.75 Å². The van der Waals surface area contributed by atoms with Gasteiger partial charge in [-0.15, -0.1) is 0 Å². The van der Waals surface area contributed by atoms with Crippen LogP contribution in [-0.4, -0.2) is 39.2 Å². The fraction of sp³-hybridized carbons (Fsp3) is 0.240. The average Bonchev–Trinajstić information content (AvgIpc) is 2.86. The molecule has 0 unspecified atom stereocenters. The van der Waals surface area contributed by atoms with E-state index in [4.69, 9.17) is 16.3 Å². The van der Waals surface area contributed by atoms with Crippen LogP contribution in [0.5, 0.6) is 5.75 Å². The van der Waals surface area contributed by atoms with Crippen molar-refractivity contribution in [2.45, 2.75) is 6.92 Å². The molecule has 1 amide bonds. The molecule has 0 saturated carbocycles. The highest BCUT2D eigenvalue weighted by Crippen LogP contribution is 2.34. The van der Waals surface area contributed by atoms with Crippen molar-refractivity contribution in [3.63, 3.8) is 0 Å². The van der Waals surface area contributed by atoms with Crippen LogP contribution in [0.25, 0.3) is 0 Å². The van der Waals surface area contributed by atoms with Crippen LogP contribution in [-0.2, 0) is 0 Å². The van der Waals surface area contributed by atoms with Crippen molar-refractivity contribution in [1.29, 1.82) is 0 Å². The van der Waals surface area contributed by atoms with Crippen molar-refractivity contribution < 1.29 is 31.5 Å². The molecule has 196 valence electrons. The molecule has 0 spiro atoms. The largest absolute Gasteiger partial charge is 0.496 e. The molecule has 0 atom stereocenters. The van der Waals surface area contributed by atoms with Gasteiger partial charge in [0, 0.05) is 36.3 Å². The Labute approximate surface area is 222 Å². The molecular weight excluding hydrogens is 585 g/mol. The molecule has 1 N–H and O–H groups in total. The second kappa shape index (κ2) is 10.7. The van der Waals surface area contributed by atoms with Crippen LogP contribution in [0, 0.1) is 36.0 Å². The van der Waals surface area contributed by atoms with E-state index in [1.807, 2.05) is 17.9 Å². The first-order chi connectivity index (χ1) is 17.5. The van der Waals surface area contributed by atoms with E-state index in [-0.39, 0.29) is 26.2 Å². The summed E-state index contributed by atoms with van der Waals surface area (Å²) in [6.07, 6.45) is 0. The standard InChI is InChI=1S/C25H20BrClF5N3O2/c1-12-9-13(26)10-15(24(12)37-2)25(36)33-14-3-4-17(16(27)11-14)34-5-7-35(8-6-34)23-21(31)19(29)18(28)20(30)22(23)32/h3-4,9-11H,5-8H2,1-2H3,(H,33,36). The fourth-order valence-electron chi connectivity index (χ4n) is 4.25. The van der Waals surface area contributed by atoms with Crippen LogP contribution in [0.4, 0.5) is 39.0 Å².